The van der Waals surface area contributed by atoms with Crippen molar-refractivity contribution >= 4 is 57.8 Å². The van der Waals surface area contributed by atoms with Gasteiger partial charge in [-0.25, -0.2) is 0 Å². The zero-order chi connectivity index (χ0) is 20.2. The normalized spacial score (nSPS) is 12.1. The lowest BCUT2D eigenvalue weighted by Gasteiger charge is -2.27. The van der Waals surface area contributed by atoms with Crippen molar-refractivity contribution in [2.45, 2.75) is 9.96 Å². The molecule has 0 aliphatic heterocycles. The Morgan fingerprint density at radius 3 is 2.37 bits per heavy atom. The Kier molecular flexibility index (Phi) is 6.37. The average molecular weight is 435 g/mol. The molecule has 27 heavy (non-hydrogen) atoms. The van der Waals surface area contributed by atoms with Gasteiger partial charge in [-0.15, -0.1) is 0 Å². The van der Waals surface area contributed by atoms with Crippen LogP contribution in [0.2, 0.25) is 0 Å². The molecule has 0 bridgehead atoms. The monoisotopic (exact) mass is 433 g/mol. The summed E-state index contributed by atoms with van der Waals surface area (Å²) in [4.78, 5) is 36.5. The summed E-state index contributed by atoms with van der Waals surface area (Å²) in [5.41, 5.74) is -1.14. The maximum absolute atomic E-state index is 12.3. The first-order valence-electron chi connectivity index (χ1n) is 7.06. The van der Waals surface area contributed by atoms with E-state index in [1.165, 1.54) is 24.5 Å². The molecule has 2 aromatic rings. The SMILES string of the molecule is O=C(NC(Nc1ccc([N+](=O)[O-])cc1[N+](=O)[O-])C(Cl)(Cl)Cl)c1cccnc1. The van der Waals surface area contributed by atoms with Crippen LogP contribution in [0.25, 0.3) is 0 Å². The molecule has 0 aliphatic carbocycles. The Balaban J connectivity index is 2.33. The fraction of sp³-hybridized carbons (Fsp3) is 0.143. The molecule has 0 radical (unpaired) electrons. The standard InChI is InChI=1S/C14H10Cl3N5O5/c15-14(16,17)13(20-12(23)8-2-1-5-18-7-8)19-10-4-3-9(21(24)25)6-11(10)22(26)27/h1-7,13,19H,(H,20,23). The van der Waals surface area contributed by atoms with Gasteiger partial charge in [0.15, 0.2) is 0 Å². The van der Waals surface area contributed by atoms with Gasteiger partial charge < -0.3 is 10.6 Å². The first-order chi connectivity index (χ1) is 12.6. The minimum Gasteiger partial charge on any atom is -0.356 e. The Hall–Kier alpha value is -2.69. The molecular weight excluding hydrogens is 425 g/mol. The van der Waals surface area contributed by atoms with Gasteiger partial charge in [0.1, 0.15) is 11.9 Å². The smallest absolute Gasteiger partial charge is 0.299 e. The Bertz CT molecular complexity index is 875. The van der Waals surface area contributed by atoms with Crippen LogP contribution in [0.5, 0.6) is 0 Å². The third kappa shape index (κ3) is 5.39. The first kappa shape index (κ1) is 20.6. The number of benzene rings is 1. The van der Waals surface area contributed by atoms with Gasteiger partial charge in [-0.3, -0.25) is 30.0 Å². The summed E-state index contributed by atoms with van der Waals surface area (Å²) in [6, 6.07) is 5.85. The number of nitro benzene ring substituents is 2. The molecule has 0 fully saturated rings. The van der Waals surface area contributed by atoms with Crippen molar-refractivity contribution in [2.75, 3.05) is 5.32 Å². The summed E-state index contributed by atoms with van der Waals surface area (Å²) in [5.74, 6) is -0.656. The largest absolute Gasteiger partial charge is 0.356 e. The second-order valence-electron chi connectivity index (χ2n) is 5.05. The Morgan fingerprint density at radius 2 is 1.85 bits per heavy atom. The van der Waals surface area contributed by atoms with Gasteiger partial charge in [0, 0.05) is 18.5 Å². The zero-order valence-corrected chi connectivity index (χ0v) is 15.4. The lowest BCUT2D eigenvalue weighted by Crippen LogP contribution is -2.49. The molecular formula is C14H10Cl3N5O5. The summed E-state index contributed by atoms with van der Waals surface area (Å²) >= 11 is 17.6. The van der Waals surface area contributed by atoms with E-state index in [0.717, 1.165) is 18.2 Å². The predicted octanol–water partition coefficient (Wildman–Crippen LogP) is 3.44. The van der Waals surface area contributed by atoms with E-state index in [0.29, 0.717) is 0 Å². The number of anilines is 1. The number of non-ortho nitro benzene ring substituents is 1. The molecule has 0 saturated carbocycles. The van der Waals surface area contributed by atoms with Crippen LogP contribution in [0.1, 0.15) is 10.4 Å². The molecule has 0 saturated heterocycles. The summed E-state index contributed by atoms with van der Waals surface area (Å²) in [6.07, 6.45) is 1.34. The van der Waals surface area contributed by atoms with E-state index in [1.54, 1.807) is 0 Å². The second kappa shape index (κ2) is 8.33. The number of aromatic nitrogens is 1. The molecule has 142 valence electrons. The van der Waals surface area contributed by atoms with Crippen LogP contribution in [-0.4, -0.2) is 30.7 Å². The van der Waals surface area contributed by atoms with Gasteiger partial charge in [0.25, 0.3) is 17.3 Å². The molecule has 1 atom stereocenters. The maximum atomic E-state index is 12.3. The number of carbonyl (C=O) groups is 1. The van der Waals surface area contributed by atoms with Crippen molar-refractivity contribution in [3.8, 4) is 0 Å². The third-order valence-corrected chi connectivity index (χ3v) is 3.87. The van der Waals surface area contributed by atoms with E-state index in [4.69, 9.17) is 34.8 Å². The minimum absolute atomic E-state index is 0.164. The summed E-state index contributed by atoms with van der Waals surface area (Å²) in [6.45, 7) is 0. The van der Waals surface area contributed by atoms with Crippen molar-refractivity contribution < 1.29 is 14.6 Å². The van der Waals surface area contributed by atoms with Crippen molar-refractivity contribution in [2.24, 2.45) is 0 Å². The number of halogens is 3. The van der Waals surface area contributed by atoms with Crippen LogP contribution in [0.3, 0.4) is 0 Å². The maximum Gasteiger partial charge on any atom is 0.299 e. The van der Waals surface area contributed by atoms with E-state index in [2.05, 4.69) is 15.6 Å². The molecule has 1 unspecified atom stereocenters. The van der Waals surface area contributed by atoms with E-state index in [9.17, 15) is 25.0 Å². The molecule has 13 heteroatoms. The zero-order valence-electron chi connectivity index (χ0n) is 13.1. The van der Waals surface area contributed by atoms with Gasteiger partial charge >= 0.3 is 0 Å². The predicted molar refractivity (Wildman–Crippen MR) is 99.2 cm³/mol. The molecule has 1 heterocycles. The molecule has 2 rings (SSSR count). The molecule has 1 aromatic carbocycles. The number of alkyl halides is 3. The van der Waals surface area contributed by atoms with Gasteiger partial charge in [-0.2, -0.15) is 0 Å². The lowest BCUT2D eigenvalue weighted by atomic mass is 10.2. The highest BCUT2D eigenvalue weighted by atomic mass is 35.6. The van der Waals surface area contributed by atoms with Crippen LogP contribution in [-0.2, 0) is 0 Å². The first-order valence-corrected chi connectivity index (χ1v) is 8.20. The van der Waals surface area contributed by atoms with Gasteiger partial charge in [-0.1, -0.05) is 34.8 Å². The van der Waals surface area contributed by atoms with Gasteiger partial charge in [0.05, 0.1) is 21.5 Å². The molecule has 0 spiro atoms. The highest BCUT2D eigenvalue weighted by Crippen LogP contribution is 2.35. The van der Waals surface area contributed by atoms with Crippen LogP contribution < -0.4 is 10.6 Å². The molecule has 1 aromatic heterocycles. The molecule has 10 nitrogen and oxygen atoms in total. The van der Waals surface area contributed by atoms with Crippen LogP contribution in [0.15, 0.2) is 42.7 Å². The van der Waals surface area contributed by atoms with Crippen LogP contribution in [0.4, 0.5) is 17.1 Å². The van der Waals surface area contributed by atoms with E-state index in [-0.39, 0.29) is 11.3 Å². The summed E-state index contributed by atoms with van der Waals surface area (Å²) in [7, 11) is 0. The number of rotatable bonds is 6. The lowest BCUT2D eigenvalue weighted by molar-refractivity contribution is -0.393. The quantitative estimate of drug-likeness (QED) is 0.307. The third-order valence-electron chi connectivity index (χ3n) is 3.22. The van der Waals surface area contributed by atoms with Gasteiger partial charge in [-0.05, 0) is 18.2 Å². The van der Waals surface area contributed by atoms with Crippen LogP contribution in [0, 0.1) is 20.2 Å². The van der Waals surface area contributed by atoms with Crippen molar-refractivity contribution in [3.05, 3.63) is 68.5 Å². The minimum atomic E-state index is -2.10. The van der Waals surface area contributed by atoms with E-state index < -0.39 is 37.1 Å². The number of nitrogens with one attached hydrogen (secondary N) is 2. The number of hydrogen-bond donors (Lipinski definition) is 2. The van der Waals surface area contributed by atoms with E-state index in [1.807, 2.05) is 0 Å². The number of pyridine rings is 1. The number of nitrogens with zero attached hydrogens (tertiary/aromatic N) is 3. The molecule has 1 amide bonds. The van der Waals surface area contributed by atoms with Crippen molar-refractivity contribution in [1.82, 2.24) is 10.3 Å². The number of hydrogen-bond acceptors (Lipinski definition) is 7. The van der Waals surface area contributed by atoms with E-state index >= 15 is 0 Å². The fourth-order valence-corrected chi connectivity index (χ4v) is 2.30. The number of carbonyl (C=O) groups excluding carboxylic acids is 1. The number of amides is 1. The fourth-order valence-electron chi connectivity index (χ4n) is 1.97. The van der Waals surface area contributed by atoms with Gasteiger partial charge in [0.2, 0.25) is 3.79 Å². The highest BCUT2D eigenvalue weighted by molar-refractivity contribution is 6.68. The van der Waals surface area contributed by atoms with Crippen molar-refractivity contribution in [1.29, 1.82) is 0 Å². The van der Waals surface area contributed by atoms with Crippen LogP contribution >= 0.6 is 34.8 Å². The molecule has 0 aliphatic rings. The average Bonchev–Trinajstić information content (AvgIpc) is 2.60. The highest BCUT2D eigenvalue weighted by Gasteiger charge is 2.36. The topological polar surface area (TPSA) is 140 Å². The summed E-state index contributed by atoms with van der Waals surface area (Å²) in [5, 5.41) is 26.9. The summed E-state index contributed by atoms with van der Waals surface area (Å²) < 4.78 is -2.10. The molecule has 2 N–H and O–H groups in total. The Morgan fingerprint density at radius 1 is 1.15 bits per heavy atom. The Labute approximate surface area is 166 Å². The van der Waals surface area contributed by atoms with Crippen molar-refractivity contribution in [3.63, 3.8) is 0 Å². The second-order valence-corrected chi connectivity index (χ2v) is 7.42. The number of nitro groups is 2.